The maximum atomic E-state index is 11.8. The van der Waals surface area contributed by atoms with Crippen molar-refractivity contribution in [3.8, 4) is 0 Å². The van der Waals surface area contributed by atoms with Gasteiger partial charge in [-0.25, -0.2) is 0 Å². The van der Waals surface area contributed by atoms with E-state index in [0.717, 1.165) is 18.2 Å². The number of halogens is 2. The Morgan fingerprint density at radius 1 is 0.483 bits per heavy atom. The van der Waals surface area contributed by atoms with E-state index in [2.05, 4.69) is 61.4 Å². The molecule has 0 aliphatic carbocycles. The SMILES string of the molecule is Cc1ccc(S(=O)(=O)O)cc1N=Nc1c(C)cc(Nc2nc(Cl)nc(Nc3ccc(S(=O)(=O)O)cc3)n2)cc1Nc1nc(Cl)nc(Nc2ccc(S(=O)(=O)O)cc2)n1. The molecule has 0 aliphatic heterocycles. The highest BCUT2D eigenvalue weighted by molar-refractivity contribution is 7.86. The highest BCUT2D eigenvalue weighted by atomic mass is 35.5. The molecule has 4 aromatic carbocycles. The lowest BCUT2D eigenvalue weighted by Gasteiger charge is -2.15. The Morgan fingerprint density at radius 3 is 1.34 bits per heavy atom. The average molecular weight is 890 g/mol. The average Bonchev–Trinajstić information content (AvgIpc) is 3.11. The molecule has 0 radical (unpaired) electrons. The first-order chi connectivity index (χ1) is 27.2. The van der Waals surface area contributed by atoms with Gasteiger partial charge in [-0.05, 0) is 121 Å². The van der Waals surface area contributed by atoms with Crippen LogP contribution in [0.15, 0.2) is 104 Å². The molecule has 0 bridgehead atoms. The van der Waals surface area contributed by atoms with Crippen LogP contribution in [0.25, 0.3) is 0 Å². The standard InChI is InChI=1S/C32H26Cl2N12O9S3/c1-16-3-8-23(58(53,54)55)15-24(16)45-46-26-17(2)13-20(37-31-41-27(33)39-29(43-31)35-18-4-9-21(10-5-18)56(47,48)49)14-25(26)38-32-42-28(34)40-30(44-32)36-19-6-11-22(12-7-19)57(50,51)52/h3-15H,1-2H3,(H,47,48,49)(H,50,51,52)(H,53,54,55)(H2,35,37,39,41,43)(H2,36,38,40,42,44). The molecule has 0 atom stereocenters. The first-order valence-corrected chi connectivity index (χ1v) is 21.0. The number of anilines is 8. The Balaban J connectivity index is 1.35. The maximum Gasteiger partial charge on any atom is 0.294 e. The number of hydrogen-bond acceptors (Lipinski definition) is 18. The van der Waals surface area contributed by atoms with Gasteiger partial charge in [0.1, 0.15) is 5.69 Å². The molecule has 300 valence electrons. The minimum Gasteiger partial charge on any atom is -0.324 e. The van der Waals surface area contributed by atoms with Crippen LogP contribution in [-0.4, -0.2) is 68.8 Å². The van der Waals surface area contributed by atoms with Crippen LogP contribution >= 0.6 is 23.2 Å². The lowest BCUT2D eigenvalue weighted by molar-refractivity contribution is 0.481. The minimum absolute atomic E-state index is 0.0300. The monoisotopic (exact) mass is 888 g/mol. The minimum atomic E-state index is -4.55. The van der Waals surface area contributed by atoms with Gasteiger partial charge in [0.05, 0.1) is 26.1 Å². The van der Waals surface area contributed by atoms with Gasteiger partial charge in [-0.2, -0.15) is 60.3 Å². The van der Waals surface area contributed by atoms with Gasteiger partial charge >= 0.3 is 0 Å². The van der Waals surface area contributed by atoms with Gasteiger partial charge in [0.15, 0.2) is 0 Å². The number of rotatable bonds is 13. The number of azo groups is 1. The second-order valence-electron chi connectivity index (χ2n) is 11.8. The molecule has 2 aromatic heterocycles. The van der Waals surface area contributed by atoms with Crippen LogP contribution < -0.4 is 21.3 Å². The van der Waals surface area contributed by atoms with Crippen molar-refractivity contribution in [1.82, 2.24) is 29.9 Å². The van der Waals surface area contributed by atoms with Crippen molar-refractivity contribution in [2.45, 2.75) is 28.5 Å². The van der Waals surface area contributed by atoms with Crippen molar-refractivity contribution < 1.29 is 38.9 Å². The molecule has 6 aromatic rings. The summed E-state index contributed by atoms with van der Waals surface area (Å²) in [6.45, 7) is 3.34. The van der Waals surface area contributed by atoms with Crippen LogP contribution in [0.2, 0.25) is 10.6 Å². The lowest BCUT2D eigenvalue weighted by atomic mass is 10.1. The van der Waals surface area contributed by atoms with Crippen LogP contribution in [0, 0.1) is 13.8 Å². The summed E-state index contributed by atoms with van der Waals surface area (Å²) in [5, 5.41) is 19.9. The Labute approximate surface area is 339 Å². The molecule has 0 unspecified atom stereocenters. The van der Waals surface area contributed by atoms with E-state index >= 15 is 0 Å². The predicted octanol–water partition coefficient (Wildman–Crippen LogP) is 7.11. The summed E-state index contributed by atoms with van der Waals surface area (Å²) in [6.07, 6.45) is 0. The summed E-state index contributed by atoms with van der Waals surface area (Å²) < 4.78 is 97.5. The summed E-state index contributed by atoms with van der Waals surface area (Å²) in [4.78, 5) is 24.0. The number of hydrogen-bond donors (Lipinski definition) is 7. The predicted molar refractivity (Wildman–Crippen MR) is 212 cm³/mol. The topological polar surface area (TPSA) is 313 Å². The number of nitrogens with zero attached hydrogens (tertiary/aromatic N) is 8. The summed E-state index contributed by atoms with van der Waals surface area (Å²) >= 11 is 12.4. The zero-order valence-electron chi connectivity index (χ0n) is 29.4. The molecule has 2 heterocycles. The summed E-state index contributed by atoms with van der Waals surface area (Å²) in [5.41, 5.74) is 2.61. The summed E-state index contributed by atoms with van der Waals surface area (Å²) in [7, 11) is -13.4. The van der Waals surface area contributed by atoms with Gasteiger partial charge in [0.25, 0.3) is 30.4 Å². The van der Waals surface area contributed by atoms with Crippen LogP contribution in [0.4, 0.5) is 57.9 Å². The molecule has 0 spiro atoms. The molecule has 6 rings (SSSR count). The third kappa shape index (κ3) is 10.7. The van der Waals surface area contributed by atoms with Gasteiger partial charge in [-0.15, -0.1) is 5.11 Å². The Bertz CT molecular complexity index is 2930. The maximum absolute atomic E-state index is 11.8. The smallest absolute Gasteiger partial charge is 0.294 e. The Morgan fingerprint density at radius 2 is 0.897 bits per heavy atom. The van der Waals surface area contributed by atoms with Crippen molar-refractivity contribution in [1.29, 1.82) is 0 Å². The van der Waals surface area contributed by atoms with Crippen LogP contribution in [-0.2, 0) is 30.4 Å². The van der Waals surface area contributed by atoms with Crippen LogP contribution in [0.1, 0.15) is 11.1 Å². The highest BCUT2D eigenvalue weighted by Crippen LogP contribution is 2.37. The lowest BCUT2D eigenvalue weighted by Crippen LogP contribution is -2.06. The number of benzene rings is 4. The molecule has 7 N–H and O–H groups in total. The van der Waals surface area contributed by atoms with Gasteiger partial charge in [-0.1, -0.05) is 6.07 Å². The molecular formula is C32H26Cl2N12O9S3. The van der Waals surface area contributed by atoms with Gasteiger partial charge in [-0.3, -0.25) is 13.7 Å². The van der Waals surface area contributed by atoms with Crippen molar-refractivity contribution in [2.24, 2.45) is 10.2 Å². The summed E-state index contributed by atoms with van der Waals surface area (Å²) in [5.74, 6) is -0.243. The zero-order valence-corrected chi connectivity index (χ0v) is 33.3. The fourth-order valence-electron chi connectivity index (χ4n) is 4.89. The third-order valence-corrected chi connectivity index (χ3v) is 10.5. The molecular weight excluding hydrogens is 864 g/mol. The molecule has 0 aliphatic rings. The van der Waals surface area contributed by atoms with Crippen molar-refractivity contribution >= 4 is 111 Å². The van der Waals surface area contributed by atoms with E-state index in [1.165, 1.54) is 48.5 Å². The largest absolute Gasteiger partial charge is 0.324 e. The van der Waals surface area contributed by atoms with E-state index in [1.54, 1.807) is 26.0 Å². The summed E-state index contributed by atoms with van der Waals surface area (Å²) in [6, 6.07) is 17.1. The van der Waals surface area contributed by atoms with E-state index in [-0.39, 0.29) is 61.2 Å². The van der Waals surface area contributed by atoms with E-state index in [1.807, 2.05) is 0 Å². The van der Waals surface area contributed by atoms with Gasteiger partial charge in [0, 0.05) is 17.1 Å². The molecule has 21 nitrogen and oxygen atoms in total. The quantitative estimate of drug-likeness (QED) is 0.0448. The molecule has 0 saturated carbocycles. The molecule has 26 heteroatoms. The molecule has 0 saturated heterocycles. The Hall–Kier alpha value is -5.99. The number of aromatic nitrogens is 6. The van der Waals surface area contributed by atoms with Gasteiger partial charge in [0.2, 0.25) is 34.4 Å². The molecule has 0 amide bonds. The second kappa shape index (κ2) is 16.5. The van der Waals surface area contributed by atoms with E-state index < -0.39 is 35.2 Å². The van der Waals surface area contributed by atoms with E-state index in [9.17, 15) is 38.9 Å². The van der Waals surface area contributed by atoms with E-state index in [0.29, 0.717) is 28.2 Å². The van der Waals surface area contributed by atoms with E-state index in [4.69, 9.17) is 23.2 Å². The fraction of sp³-hybridized carbons (Fsp3) is 0.0625. The third-order valence-electron chi connectivity index (χ3n) is 7.57. The van der Waals surface area contributed by atoms with Crippen LogP contribution in [0.3, 0.4) is 0 Å². The van der Waals surface area contributed by atoms with Gasteiger partial charge < -0.3 is 21.3 Å². The van der Waals surface area contributed by atoms with Crippen molar-refractivity contribution in [2.75, 3.05) is 21.3 Å². The number of nitrogens with one attached hydrogen (secondary N) is 4. The van der Waals surface area contributed by atoms with Crippen molar-refractivity contribution in [3.05, 3.63) is 101 Å². The van der Waals surface area contributed by atoms with Crippen LogP contribution in [0.5, 0.6) is 0 Å². The molecule has 58 heavy (non-hydrogen) atoms. The molecule has 0 fully saturated rings. The van der Waals surface area contributed by atoms with Crippen molar-refractivity contribution in [3.63, 3.8) is 0 Å². The first-order valence-electron chi connectivity index (χ1n) is 15.9. The number of aryl methyl sites for hydroxylation is 2. The first kappa shape index (κ1) is 41.6. The normalized spacial score (nSPS) is 12.1. The Kier molecular flexibility index (Phi) is 11.8. The second-order valence-corrected chi connectivity index (χ2v) is 16.8. The fourth-order valence-corrected chi connectivity index (χ4v) is 6.67. The zero-order chi connectivity index (χ0) is 42.0. The highest BCUT2D eigenvalue weighted by Gasteiger charge is 2.17.